The van der Waals surface area contributed by atoms with Gasteiger partial charge >= 0.3 is 5.97 Å². The van der Waals surface area contributed by atoms with E-state index in [-0.39, 0.29) is 17.9 Å². The number of halogens is 2. The Morgan fingerprint density at radius 1 is 1.25 bits per heavy atom. The fourth-order valence-electron chi connectivity index (χ4n) is 4.44. The van der Waals surface area contributed by atoms with Crippen LogP contribution in [-0.4, -0.2) is 35.5 Å². The van der Waals surface area contributed by atoms with Gasteiger partial charge in [-0.25, -0.2) is 0 Å². The minimum atomic E-state index is -0.0577. The van der Waals surface area contributed by atoms with Crippen LogP contribution in [0.1, 0.15) is 48.2 Å². The molecule has 0 radical (unpaired) electrons. The molecule has 0 amide bonds. The smallest absolute Gasteiger partial charge is 0.309 e. The summed E-state index contributed by atoms with van der Waals surface area (Å²) in [6, 6.07) is 8.51. The Balaban J connectivity index is 1.67. The lowest BCUT2D eigenvalue weighted by Gasteiger charge is -2.37. The molecule has 2 aromatic rings. The molecular weight excluding hydrogens is 440 g/mol. The quantitative estimate of drug-likeness (QED) is 0.603. The number of fused-ring (bicyclic) bond motifs is 2. The van der Waals surface area contributed by atoms with Crippen molar-refractivity contribution >= 4 is 33.5 Å². The van der Waals surface area contributed by atoms with Crippen LogP contribution in [0.5, 0.6) is 0 Å². The van der Waals surface area contributed by atoms with Gasteiger partial charge in [-0.3, -0.25) is 14.7 Å². The average molecular weight is 464 g/mol. The van der Waals surface area contributed by atoms with Gasteiger partial charge in [-0.1, -0.05) is 17.7 Å². The molecule has 1 aromatic heterocycles. The molecule has 2 heterocycles. The van der Waals surface area contributed by atoms with E-state index in [2.05, 4.69) is 39.0 Å². The highest BCUT2D eigenvalue weighted by atomic mass is 79.9. The SMILES string of the molecule is CCOC(=O)C1CCN(C2c3ccc(Cl)cc3CCc3cc(Br)cnc32)CC1. The molecule has 28 heavy (non-hydrogen) atoms. The molecule has 0 saturated carbocycles. The van der Waals surface area contributed by atoms with Crippen LogP contribution in [0.2, 0.25) is 5.02 Å². The largest absolute Gasteiger partial charge is 0.466 e. The van der Waals surface area contributed by atoms with Gasteiger partial charge in [-0.05, 0) is 96.5 Å². The van der Waals surface area contributed by atoms with Crippen LogP contribution in [0, 0.1) is 5.92 Å². The van der Waals surface area contributed by atoms with Crippen LogP contribution in [0.15, 0.2) is 34.9 Å². The summed E-state index contributed by atoms with van der Waals surface area (Å²) < 4.78 is 6.24. The predicted octanol–water partition coefficient (Wildman–Crippen LogP) is 4.96. The van der Waals surface area contributed by atoms with E-state index < -0.39 is 0 Å². The number of aromatic nitrogens is 1. The van der Waals surface area contributed by atoms with Gasteiger partial charge in [0, 0.05) is 15.7 Å². The molecule has 1 aliphatic heterocycles. The maximum absolute atomic E-state index is 12.1. The molecule has 2 aliphatic rings. The first kappa shape index (κ1) is 19.9. The fourth-order valence-corrected chi connectivity index (χ4v) is 5.01. The zero-order chi connectivity index (χ0) is 19.7. The number of nitrogens with zero attached hydrogens (tertiary/aromatic N) is 2. The molecule has 1 fully saturated rings. The number of pyridine rings is 1. The molecule has 0 spiro atoms. The van der Waals surface area contributed by atoms with Crippen LogP contribution >= 0.6 is 27.5 Å². The van der Waals surface area contributed by atoms with Gasteiger partial charge in [0.1, 0.15) is 0 Å². The van der Waals surface area contributed by atoms with Crippen LogP contribution in [-0.2, 0) is 22.4 Å². The lowest BCUT2D eigenvalue weighted by Crippen LogP contribution is -2.40. The molecule has 1 unspecified atom stereocenters. The van der Waals surface area contributed by atoms with Crippen molar-refractivity contribution in [1.29, 1.82) is 0 Å². The van der Waals surface area contributed by atoms with Crippen molar-refractivity contribution in [2.45, 2.75) is 38.6 Å². The van der Waals surface area contributed by atoms with E-state index in [1.165, 1.54) is 16.7 Å². The summed E-state index contributed by atoms with van der Waals surface area (Å²) in [5.41, 5.74) is 4.98. The minimum Gasteiger partial charge on any atom is -0.466 e. The lowest BCUT2D eigenvalue weighted by molar-refractivity contribution is -0.149. The second-order valence-corrected chi connectivity index (χ2v) is 8.86. The Bertz CT molecular complexity index is 827. The number of carbonyl (C=O) groups is 1. The first-order valence-corrected chi connectivity index (χ1v) is 11.1. The van der Waals surface area contributed by atoms with Gasteiger partial charge in [0.15, 0.2) is 0 Å². The standard InChI is InChI=1S/C22H24BrClN2O2/c1-2-28-22(27)14-7-9-26(10-8-14)21-19-6-5-18(24)12-15(19)3-4-16-11-17(23)13-25-20(16)21/h5-6,11-14,21H,2-4,7-10H2,1H3. The fraction of sp³-hybridized carbons (Fsp3) is 0.455. The Labute approximate surface area is 179 Å². The molecule has 4 nitrogen and oxygen atoms in total. The van der Waals surface area contributed by atoms with Crippen molar-refractivity contribution in [3.05, 3.63) is 62.3 Å². The maximum atomic E-state index is 12.1. The van der Waals surface area contributed by atoms with E-state index in [0.29, 0.717) is 6.61 Å². The minimum absolute atomic E-state index is 0.00372. The summed E-state index contributed by atoms with van der Waals surface area (Å²) in [4.78, 5) is 19.4. The number of piperidine rings is 1. The summed E-state index contributed by atoms with van der Waals surface area (Å²) in [6.45, 7) is 4.02. The van der Waals surface area contributed by atoms with E-state index in [4.69, 9.17) is 21.3 Å². The molecule has 0 N–H and O–H groups in total. The number of hydrogen-bond donors (Lipinski definition) is 0. The van der Waals surface area contributed by atoms with Crippen LogP contribution in [0.3, 0.4) is 0 Å². The third kappa shape index (κ3) is 3.98. The van der Waals surface area contributed by atoms with Crippen molar-refractivity contribution < 1.29 is 9.53 Å². The van der Waals surface area contributed by atoms with Gasteiger partial charge in [0.2, 0.25) is 0 Å². The molecule has 6 heteroatoms. The Morgan fingerprint density at radius 2 is 2.00 bits per heavy atom. The molecule has 1 aromatic carbocycles. The molecule has 4 rings (SSSR count). The van der Waals surface area contributed by atoms with Gasteiger partial charge < -0.3 is 4.74 Å². The number of ether oxygens (including phenoxy) is 1. The number of benzene rings is 1. The monoisotopic (exact) mass is 462 g/mol. The number of carbonyl (C=O) groups excluding carboxylic acids is 1. The van der Waals surface area contributed by atoms with Crippen molar-refractivity contribution in [2.24, 2.45) is 5.92 Å². The van der Waals surface area contributed by atoms with Gasteiger partial charge in [0.05, 0.1) is 24.3 Å². The third-order valence-electron chi connectivity index (χ3n) is 5.80. The molecule has 1 atom stereocenters. The normalized spacial score (nSPS) is 20.2. The zero-order valence-corrected chi connectivity index (χ0v) is 18.3. The summed E-state index contributed by atoms with van der Waals surface area (Å²) in [5, 5.41) is 0.776. The summed E-state index contributed by atoms with van der Waals surface area (Å²) in [7, 11) is 0. The van der Waals surface area contributed by atoms with E-state index in [1.807, 2.05) is 19.2 Å². The molecular formula is C22H24BrClN2O2. The number of hydrogen-bond acceptors (Lipinski definition) is 4. The third-order valence-corrected chi connectivity index (χ3v) is 6.47. The van der Waals surface area contributed by atoms with Gasteiger partial charge in [-0.2, -0.15) is 0 Å². The first-order chi connectivity index (χ1) is 13.6. The summed E-state index contributed by atoms with van der Waals surface area (Å²) in [6.07, 6.45) is 5.44. The Morgan fingerprint density at radius 3 is 2.75 bits per heavy atom. The highest BCUT2D eigenvalue weighted by Gasteiger charge is 2.34. The molecule has 148 valence electrons. The van der Waals surface area contributed by atoms with Crippen LogP contribution < -0.4 is 0 Å². The van der Waals surface area contributed by atoms with Gasteiger partial charge in [0.25, 0.3) is 0 Å². The molecule has 1 aliphatic carbocycles. The Kier molecular flexibility index (Phi) is 6.04. The first-order valence-electron chi connectivity index (χ1n) is 9.90. The van der Waals surface area contributed by atoms with E-state index in [0.717, 1.165) is 54.0 Å². The van der Waals surface area contributed by atoms with Crippen molar-refractivity contribution in [1.82, 2.24) is 9.88 Å². The second-order valence-electron chi connectivity index (χ2n) is 7.51. The zero-order valence-electron chi connectivity index (χ0n) is 16.0. The number of likely N-dealkylation sites (tertiary alicyclic amines) is 1. The number of aryl methyl sites for hydroxylation is 2. The average Bonchev–Trinajstić information content (AvgIpc) is 2.84. The Hall–Kier alpha value is -1.43. The molecule has 1 saturated heterocycles. The van der Waals surface area contributed by atoms with Gasteiger partial charge in [-0.15, -0.1) is 0 Å². The number of rotatable bonds is 3. The summed E-state index contributed by atoms with van der Waals surface area (Å²) >= 11 is 9.86. The van der Waals surface area contributed by atoms with Crippen LogP contribution in [0.25, 0.3) is 0 Å². The summed E-state index contributed by atoms with van der Waals surface area (Å²) in [5.74, 6) is -0.0540. The maximum Gasteiger partial charge on any atom is 0.309 e. The number of esters is 1. The van der Waals surface area contributed by atoms with Crippen molar-refractivity contribution in [3.63, 3.8) is 0 Å². The predicted molar refractivity (Wildman–Crippen MR) is 114 cm³/mol. The van der Waals surface area contributed by atoms with E-state index >= 15 is 0 Å². The highest BCUT2D eigenvalue weighted by molar-refractivity contribution is 9.10. The van der Waals surface area contributed by atoms with E-state index in [1.54, 1.807) is 0 Å². The highest BCUT2D eigenvalue weighted by Crippen LogP contribution is 2.39. The van der Waals surface area contributed by atoms with Crippen molar-refractivity contribution in [3.8, 4) is 0 Å². The van der Waals surface area contributed by atoms with E-state index in [9.17, 15) is 4.79 Å². The van der Waals surface area contributed by atoms with Crippen molar-refractivity contribution in [2.75, 3.05) is 19.7 Å². The topological polar surface area (TPSA) is 42.4 Å². The molecule has 0 bridgehead atoms. The lowest BCUT2D eigenvalue weighted by atomic mass is 9.91. The van der Waals surface area contributed by atoms with Crippen LogP contribution in [0.4, 0.5) is 0 Å². The second kappa shape index (κ2) is 8.52.